The van der Waals surface area contributed by atoms with Crippen LogP contribution in [0.3, 0.4) is 0 Å². The zero-order valence-corrected chi connectivity index (χ0v) is 15.8. The number of anilines is 2. The van der Waals surface area contributed by atoms with E-state index in [1.165, 1.54) is 6.92 Å². The van der Waals surface area contributed by atoms with Crippen molar-refractivity contribution in [2.75, 3.05) is 10.0 Å². The van der Waals surface area contributed by atoms with E-state index in [0.717, 1.165) is 24.2 Å². The molecule has 0 radical (unpaired) electrons. The first-order valence-electron chi connectivity index (χ1n) is 8.37. The molecule has 0 atom stereocenters. The van der Waals surface area contributed by atoms with E-state index in [2.05, 4.69) is 10.0 Å². The minimum absolute atomic E-state index is 0.183. The lowest BCUT2D eigenvalue weighted by atomic mass is 9.94. The number of benzene rings is 2. The largest absolute Gasteiger partial charge is 0.488 e. The number of aryl methyl sites for hydroxylation is 1. The van der Waals surface area contributed by atoms with Gasteiger partial charge in [0.05, 0.1) is 4.90 Å². The van der Waals surface area contributed by atoms with Crippen molar-refractivity contribution in [2.45, 2.75) is 44.1 Å². The number of sulfonamides is 1. The second kappa shape index (κ2) is 6.64. The molecule has 1 heterocycles. The van der Waals surface area contributed by atoms with Crippen LogP contribution in [0.15, 0.2) is 47.4 Å². The smallest absolute Gasteiger partial charge is 0.261 e. The van der Waals surface area contributed by atoms with Crippen molar-refractivity contribution in [1.29, 1.82) is 0 Å². The molecule has 138 valence electrons. The number of ether oxygens (including phenoxy) is 1. The van der Waals surface area contributed by atoms with Crippen LogP contribution in [0, 0.1) is 0 Å². The molecule has 6 nitrogen and oxygen atoms in total. The molecule has 7 heteroatoms. The fraction of sp³-hybridized carbons (Fsp3) is 0.316. The van der Waals surface area contributed by atoms with E-state index in [1.807, 2.05) is 13.8 Å². The second-order valence-electron chi connectivity index (χ2n) is 7.00. The summed E-state index contributed by atoms with van der Waals surface area (Å²) in [6.07, 6.45) is 1.61. The van der Waals surface area contributed by atoms with E-state index in [4.69, 9.17) is 4.74 Å². The van der Waals surface area contributed by atoms with Crippen LogP contribution in [0.2, 0.25) is 0 Å². The number of amides is 1. The van der Waals surface area contributed by atoms with Gasteiger partial charge in [0.1, 0.15) is 11.4 Å². The Labute approximate surface area is 153 Å². The molecule has 3 rings (SSSR count). The topological polar surface area (TPSA) is 84.5 Å². The first kappa shape index (κ1) is 18.3. The van der Waals surface area contributed by atoms with Gasteiger partial charge in [-0.3, -0.25) is 9.52 Å². The second-order valence-corrected chi connectivity index (χ2v) is 8.68. The van der Waals surface area contributed by atoms with Crippen LogP contribution >= 0.6 is 0 Å². The van der Waals surface area contributed by atoms with Gasteiger partial charge in [0.25, 0.3) is 10.0 Å². The molecule has 2 aromatic rings. The van der Waals surface area contributed by atoms with Gasteiger partial charge < -0.3 is 10.1 Å². The molecule has 1 aliphatic heterocycles. The Bertz CT molecular complexity index is 935. The van der Waals surface area contributed by atoms with Gasteiger partial charge in [-0.1, -0.05) is 0 Å². The SMILES string of the molecule is CC(=O)Nc1ccc(NS(=O)(=O)c2ccc3c(c2)CCC(C)(C)O3)cc1. The molecule has 1 amide bonds. The van der Waals surface area contributed by atoms with Gasteiger partial charge in [-0.05, 0) is 74.7 Å². The Kier molecular flexibility index (Phi) is 4.66. The molecule has 0 aliphatic carbocycles. The molecule has 0 unspecified atom stereocenters. The minimum atomic E-state index is -3.70. The maximum absolute atomic E-state index is 12.7. The summed E-state index contributed by atoms with van der Waals surface area (Å²) in [5, 5.41) is 2.64. The Morgan fingerprint density at radius 2 is 1.73 bits per heavy atom. The molecular weight excluding hydrogens is 352 g/mol. The maximum Gasteiger partial charge on any atom is 0.261 e. The Hall–Kier alpha value is -2.54. The predicted octanol–water partition coefficient (Wildman–Crippen LogP) is 3.55. The Morgan fingerprint density at radius 1 is 1.08 bits per heavy atom. The van der Waals surface area contributed by atoms with Gasteiger partial charge in [0.15, 0.2) is 0 Å². The van der Waals surface area contributed by atoms with E-state index < -0.39 is 10.0 Å². The number of carbonyl (C=O) groups excluding carboxylic acids is 1. The van der Waals surface area contributed by atoms with Gasteiger partial charge >= 0.3 is 0 Å². The highest BCUT2D eigenvalue weighted by Crippen LogP contribution is 2.34. The highest BCUT2D eigenvalue weighted by molar-refractivity contribution is 7.92. The third-order valence-electron chi connectivity index (χ3n) is 4.18. The monoisotopic (exact) mass is 374 g/mol. The highest BCUT2D eigenvalue weighted by Gasteiger charge is 2.27. The summed E-state index contributed by atoms with van der Waals surface area (Å²) in [5.74, 6) is 0.553. The lowest BCUT2D eigenvalue weighted by Crippen LogP contribution is -2.32. The maximum atomic E-state index is 12.7. The van der Waals surface area contributed by atoms with Crippen molar-refractivity contribution in [1.82, 2.24) is 0 Å². The first-order chi connectivity index (χ1) is 12.1. The molecular formula is C19H22N2O4S. The molecule has 0 aromatic heterocycles. The minimum Gasteiger partial charge on any atom is -0.488 e. The average molecular weight is 374 g/mol. The molecule has 2 N–H and O–H groups in total. The fourth-order valence-corrected chi connectivity index (χ4v) is 3.95. The van der Waals surface area contributed by atoms with Crippen molar-refractivity contribution in [3.8, 4) is 5.75 Å². The van der Waals surface area contributed by atoms with Crippen LogP contribution < -0.4 is 14.8 Å². The Morgan fingerprint density at radius 3 is 2.38 bits per heavy atom. The summed E-state index contributed by atoms with van der Waals surface area (Å²) in [4.78, 5) is 11.2. The summed E-state index contributed by atoms with van der Waals surface area (Å²) < 4.78 is 33.8. The van der Waals surface area contributed by atoms with Crippen LogP contribution in [-0.2, 0) is 21.2 Å². The van der Waals surface area contributed by atoms with Crippen LogP contribution in [0.25, 0.3) is 0 Å². The zero-order chi connectivity index (χ0) is 18.9. The van der Waals surface area contributed by atoms with Crippen molar-refractivity contribution < 1.29 is 17.9 Å². The first-order valence-corrected chi connectivity index (χ1v) is 9.85. The van der Waals surface area contributed by atoms with Crippen LogP contribution in [-0.4, -0.2) is 19.9 Å². The molecule has 0 bridgehead atoms. The van der Waals surface area contributed by atoms with E-state index in [-0.39, 0.29) is 16.4 Å². The van der Waals surface area contributed by atoms with Crippen molar-refractivity contribution >= 4 is 27.3 Å². The molecule has 0 saturated carbocycles. The van der Waals surface area contributed by atoms with Crippen molar-refractivity contribution in [3.63, 3.8) is 0 Å². The van der Waals surface area contributed by atoms with E-state index in [0.29, 0.717) is 11.4 Å². The van der Waals surface area contributed by atoms with Gasteiger partial charge in [-0.25, -0.2) is 8.42 Å². The number of nitrogens with one attached hydrogen (secondary N) is 2. The summed E-state index contributed by atoms with van der Waals surface area (Å²) in [7, 11) is -3.70. The number of hydrogen-bond acceptors (Lipinski definition) is 4. The van der Waals surface area contributed by atoms with E-state index in [9.17, 15) is 13.2 Å². The third-order valence-corrected chi connectivity index (χ3v) is 5.56. The number of hydrogen-bond donors (Lipinski definition) is 2. The quantitative estimate of drug-likeness (QED) is 0.857. The lowest BCUT2D eigenvalue weighted by Gasteiger charge is -2.32. The summed E-state index contributed by atoms with van der Waals surface area (Å²) in [5.41, 5.74) is 1.69. The van der Waals surface area contributed by atoms with Crippen LogP contribution in [0.5, 0.6) is 5.75 Å². The molecule has 2 aromatic carbocycles. The molecule has 0 saturated heterocycles. The molecule has 26 heavy (non-hydrogen) atoms. The summed E-state index contributed by atoms with van der Waals surface area (Å²) in [6.45, 7) is 5.46. The fourth-order valence-electron chi connectivity index (χ4n) is 2.84. The van der Waals surface area contributed by atoms with Gasteiger partial charge in [0.2, 0.25) is 5.91 Å². The predicted molar refractivity (Wildman–Crippen MR) is 101 cm³/mol. The standard InChI is InChI=1S/C19H22N2O4S/c1-13(22)20-15-4-6-16(7-5-15)21-26(23,24)17-8-9-18-14(12-17)10-11-19(2,3)25-18/h4-9,12,21H,10-11H2,1-3H3,(H,20,22). The zero-order valence-electron chi connectivity index (χ0n) is 15.0. The van der Waals surface area contributed by atoms with Crippen LogP contribution in [0.1, 0.15) is 32.8 Å². The molecule has 0 spiro atoms. The summed E-state index contributed by atoms with van der Waals surface area (Å²) >= 11 is 0. The number of carbonyl (C=O) groups is 1. The van der Waals surface area contributed by atoms with Gasteiger partial charge in [0, 0.05) is 18.3 Å². The third kappa shape index (κ3) is 4.16. The highest BCUT2D eigenvalue weighted by atomic mass is 32.2. The molecule has 0 fully saturated rings. The van der Waals surface area contributed by atoms with E-state index >= 15 is 0 Å². The lowest BCUT2D eigenvalue weighted by molar-refractivity contribution is -0.114. The van der Waals surface area contributed by atoms with Gasteiger partial charge in [-0.15, -0.1) is 0 Å². The number of fused-ring (bicyclic) bond motifs is 1. The van der Waals surface area contributed by atoms with Gasteiger partial charge in [-0.2, -0.15) is 0 Å². The van der Waals surface area contributed by atoms with Crippen molar-refractivity contribution in [3.05, 3.63) is 48.0 Å². The average Bonchev–Trinajstić information content (AvgIpc) is 2.54. The summed E-state index contributed by atoms with van der Waals surface area (Å²) in [6, 6.07) is 11.4. The van der Waals surface area contributed by atoms with Crippen LogP contribution in [0.4, 0.5) is 11.4 Å². The van der Waals surface area contributed by atoms with Crippen molar-refractivity contribution in [2.24, 2.45) is 0 Å². The number of rotatable bonds is 4. The molecule has 1 aliphatic rings. The Balaban J connectivity index is 1.79. The van der Waals surface area contributed by atoms with E-state index in [1.54, 1.807) is 42.5 Å². The normalized spacial score (nSPS) is 15.5.